The first-order valence-corrected chi connectivity index (χ1v) is 6.63. The number of hydrogen-bond acceptors (Lipinski definition) is 5. The van der Waals surface area contributed by atoms with Gasteiger partial charge in [-0.25, -0.2) is 4.79 Å². The van der Waals surface area contributed by atoms with Crippen LogP contribution in [0.1, 0.15) is 11.5 Å². The van der Waals surface area contributed by atoms with Crippen LogP contribution in [-0.4, -0.2) is 33.8 Å². The van der Waals surface area contributed by atoms with Gasteiger partial charge >= 0.3 is 12.0 Å². The number of amides is 2. The SMILES string of the molecule is O=C(NCC(C(=O)O)c1ccccc1)Nc1nncs1. The normalized spacial score (nSPS) is 11.6. The van der Waals surface area contributed by atoms with Gasteiger partial charge in [-0.15, -0.1) is 10.2 Å². The van der Waals surface area contributed by atoms with Crippen molar-refractivity contribution in [2.45, 2.75) is 5.92 Å². The zero-order valence-electron chi connectivity index (χ0n) is 10.3. The van der Waals surface area contributed by atoms with Crippen molar-refractivity contribution in [1.82, 2.24) is 15.5 Å². The Kier molecular flexibility index (Phi) is 4.61. The Morgan fingerprint density at radius 3 is 2.65 bits per heavy atom. The van der Waals surface area contributed by atoms with E-state index in [0.717, 1.165) is 0 Å². The Labute approximate surface area is 118 Å². The summed E-state index contributed by atoms with van der Waals surface area (Å²) in [6.45, 7) is -0.00994. The zero-order chi connectivity index (χ0) is 14.4. The second-order valence-corrected chi connectivity index (χ2v) is 4.71. The Morgan fingerprint density at radius 2 is 2.05 bits per heavy atom. The van der Waals surface area contributed by atoms with Crippen LogP contribution in [0.2, 0.25) is 0 Å². The number of carboxylic acid groups (broad SMARTS) is 1. The van der Waals surface area contributed by atoms with Crippen LogP contribution in [-0.2, 0) is 4.79 Å². The Morgan fingerprint density at radius 1 is 1.30 bits per heavy atom. The predicted molar refractivity (Wildman–Crippen MR) is 73.7 cm³/mol. The summed E-state index contributed by atoms with van der Waals surface area (Å²) in [5.41, 5.74) is 2.12. The van der Waals surface area contributed by atoms with Crippen molar-refractivity contribution in [3.63, 3.8) is 0 Å². The Bertz CT molecular complexity index is 574. The molecular weight excluding hydrogens is 280 g/mol. The number of anilines is 1. The molecule has 0 radical (unpaired) electrons. The molecule has 1 atom stereocenters. The van der Waals surface area contributed by atoms with Crippen molar-refractivity contribution in [2.75, 3.05) is 11.9 Å². The third kappa shape index (κ3) is 3.75. The molecule has 0 spiro atoms. The molecule has 0 aliphatic rings. The van der Waals surface area contributed by atoms with Crippen molar-refractivity contribution in [2.24, 2.45) is 0 Å². The van der Waals surface area contributed by atoms with Crippen LogP contribution >= 0.6 is 11.3 Å². The largest absolute Gasteiger partial charge is 0.481 e. The highest BCUT2D eigenvalue weighted by Gasteiger charge is 2.20. The number of aliphatic carboxylic acids is 1. The van der Waals surface area contributed by atoms with Crippen molar-refractivity contribution >= 4 is 28.5 Å². The minimum absolute atomic E-state index is 0.00994. The fourth-order valence-electron chi connectivity index (χ4n) is 1.60. The molecular formula is C12H12N4O3S. The summed E-state index contributed by atoms with van der Waals surface area (Å²) in [5.74, 6) is -1.79. The van der Waals surface area contributed by atoms with E-state index in [9.17, 15) is 14.7 Å². The number of carboxylic acids is 1. The van der Waals surface area contributed by atoms with Crippen molar-refractivity contribution in [3.05, 3.63) is 41.4 Å². The van der Waals surface area contributed by atoms with Gasteiger partial charge in [-0.05, 0) is 5.56 Å². The highest BCUT2D eigenvalue weighted by Crippen LogP contribution is 2.15. The molecule has 8 heteroatoms. The first kappa shape index (κ1) is 13.9. The molecule has 1 unspecified atom stereocenters. The molecule has 2 aromatic rings. The maximum absolute atomic E-state index is 11.6. The molecule has 0 saturated carbocycles. The molecule has 1 heterocycles. The molecule has 3 N–H and O–H groups in total. The second kappa shape index (κ2) is 6.62. The lowest BCUT2D eigenvalue weighted by Gasteiger charge is -2.13. The van der Waals surface area contributed by atoms with Gasteiger partial charge in [-0.2, -0.15) is 0 Å². The topological polar surface area (TPSA) is 104 Å². The van der Waals surface area contributed by atoms with Gasteiger partial charge < -0.3 is 10.4 Å². The average molecular weight is 292 g/mol. The van der Waals surface area contributed by atoms with E-state index in [0.29, 0.717) is 10.7 Å². The van der Waals surface area contributed by atoms with Crippen LogP contribution in [0, 0.1) is 0 Å². The van der Waals surface area contributed by atoms with E-state index < -0.39 is 17.9 Å². The summed E-state index contributed by atoms with van der Waals surface area (Å²) in [4.78, 5) is 22.8. The number of nitrogens with zero attached hydrogens (tertiary/aromatic N) is 2. The summed E-state index contributed by atoms with van der Waals surface area (Å²) in [7, 11) is 0. The molecule has 0 aliphatic carbocycles. The molecule has 2 rings (SSSR count). The lowest BCUT2D eigenvalue weighted by molar-refractivity contribution is -0.138. The lowest BCUT2D eigenvalue weighted by atomic mass is 9.99. The van der Waals surface area contributed by atoms with E-state index in [-0.39, 0.29) is 6.54 Å². The van der Waals surface area contributed by atoms with E-state index in [1.165, 1.54) is 16.8 Å². The van der Waals surface area contributed by atoms with Crippen LogP contribution in [0.4, 0.5) is 9.93 Å². The third-order valence-corrected chi connectivity index (χ3v) is 3.15. The van der Waals surface area contributed by atoms with Crippen LogP contribution in [0.25, 0.3) is 0 Å². The first-order valence-electron chi connectivity index (χ1n) is 5.75. The van der Waals surface area contributed by atoms with E-state index in [2.05, 4.69) is 20.8 Å². The molecule has 1 aromatic heterocycles. The van der Waals surface area contributed by atoms with Gasteiger partial charge in [-0.1, -0.05) is 41.7 Å². The summed E-state index contributed by atoms with van der Waals surface area (Å²) in [6.07, 6.45) is 0. The van der Waals surface area contributed by atoms with E-state index in [1.54, 1.807) is 30.3 Å². The zero-order valence-corrected chi connectivity index (χ0v) is 11.1. The number of nitrogens with one attached hydrogen (secondary N) is 2. The van der Waals surface area contributed by atoms with Gasteiger partial charge in [0.1, 0.15) is 5.51 Å². The van der Waals surface area contributed by atoms with Crippen molar-refractivity contribution in [1.29, 1.82) is 0 Å². The number of rotatable bonds is 5. The van der Waals surface area contributed by atoms with Gasteiger partial charge in [0.05, 0.1) is 5.92 Å². The fraction of sp³-hybridized carbons (Fsp3) is 0.167. The van der Waals surface area contributed by atoms with Crippen LogP contribution in [0.5, 0.6) is 0 Å². The minimum Gasteiger partial charge on any atom is -0.481 e. The summed E-state index contributed by atoms with van der Waals surface area (Å²) >= 11 is 1.18. The van der Waals surface area contributed by atoms with Gasteiger partial charge in [-0.3, -0.25) is 10.1 Å². The van der Waals surface area contributed by atoms with Gasteiger partial charge in [0.15, 0.2) is 0 Å². The van der Waals surface area contributed by atoms with Gasteiger partial charge in [0.25, 0.3) is 0 Å². The van der Waals surface area contributed by atoms with Crippen LogP contribution < -0.4 is 10.6 Å². The van der Waals surface area contributed by atoms with Gasteiger partial charge in [0.2, 0.25) is 5.13 Å². The first-order chi connectivity index (χ1) is 9.66. The maximum Gasteiger partial charge on any atom is 0.321 e. The minimum atomic E-state index is -0.993. The number of carbonyl (C=O) groups is 2. The molecule has 7 nitrogen and oxygen atoms in total. The summed E-state index contributed by atoms with van der Waals surface area (Å²) in [6, 6.07) is 8.23. The molecule has 0 aliphatic heterocycles. The van der Waals surface area contributed by atoms with Crippen LogP contribution in [0.15, 0.2) is 35.8 Å². The predicted octanol–water partition coefficient (Wildman–Crippen LogP) is 1.53. The highest BCUT2D eigenvalue weighted by molar-refractivity contribution is 7.13. The molecule has 20 heavy (non-hydrogen) atoms. The molecule has 1 aromatic carbocycles. The Hall–Kier alpha value is -2.48. The van der Waals surface area contributed by atoms with Crippen molar-refractivity contribution in [3.8, 4) is 0 Å². The van der Waals surface area contributed by atoms with E-state index in [1.807, 2.05) is 0 Å². The molecule has 0 fully saturated rings. The van der Waals surface area contributed by atoms with E-state index in [4.69, 9.17) is 0 Å². The summed E-state index contributed by atoms with van der Waals surface area (Å²) < 4.78 is 0. The molecule has 0 bridgehead atoms. The number of aromatic nitrogens is 2. The van der Waals surface area contributed by atoms with Crippen LogP contribution in [0.3, 0.4) is 0 Å². The highest BCUT2D eigenvalue weighted by atomic mass is 32.1. The standard InChI is InChI=1S/C12H12N4O3S/c17-10(18)9(8-4-2-1-3-5-8)6-13-11(19)15-12-16-14-7-20-12/h1-5,7,9H,6H2,(H,17,18)(H2,13,15,16,19). The Balaban J connectivity index is 1.93. The lowest BCUT2D eigenvalue weighted by Crippen LogP contribution is -2.34. The molecule has 104 valence electrons. The molecule has 2 amide bonds. The quantitative estimate of drug-likeness (QED) is 0.775. The molecule has 0 saturated heterocycles. The average Bonchev–Trinajstić information content (AvgIpc) is 2.92. The second-order valence-electron chi connectivity index (χ2n) is 3.88. The fourth-order valence-corrected chi connectivity index (χ4v) is 2.04. The number of urea groups is 1. The maximum atomic E-state index is 11.6. The number of hydrogen-bond donors (Lipinski definition) is 3. The van der Waals surface area contributed by atoms with E-state index >= 15 is 0 Å². The van der Waals surface area contributed by atoms with Gasteiger partial charge in [0, 0.05) is 6.54 Å². The van der Waals surface area contributed by atoms with Crippen molar-refractivity contribution < 1.29 is 14.7 Å². The summed E-state index contributed by atoms with van der Waals surface area (Å²) in [5, 5.41) is 21.8. The smallest absolute Gasteiger partial charge is 0.321 e. The third-order valence-electron chi connectivity index (χ3n) is 2.55. The monoisotopic (exact) mass is 292 g/mol. The number of benzene rings is 1. The number of carbonyl (C=O) groups excluding carboxylic acids is 1.